The Hall–Kier alpha value is -0.570. The first kappa shape index (κ1) is 12.9. The van der Waals surface area contributed by atoms with Gasteiger partial charge in [-0.15, -0.1) is 0 Å². The molecule has 0 radical (unpaired) electrons. The molecule has 0 aromatic rings. The quantitative estimate of drug-likeness (QED) is 0.737. The summed E-state index contributed by atoms with van der Waals surface area (Å²) in [5.41, 5.74) is 0. The van der Waals surface area contributed by atoms with Gasteiger partial charge in [0.15, 0.2) is 0 Å². The molecule has 98 valence electrons. The highest BCUT2D eigenvalue weighted by Gasteiger charge is 2.36. The van der Waals surface area contributed by atoms with E-state index in [1.165, 1.54) is 32.1 Å². The van der Waals surface area contributed by atoms with Crippen LogP contribution in [-0.2, 0) is 4.79 Å². The molecule has 0 aromatic carbocycles. The van der Waals surface area contributed by atoms with Crippen LogP contribution in [0.25, 0.3) is 0 Å². The fourth-order valence-corrected chi connectivity index (χ4v) is 3.48. The molecule has 3 atom stereocenters. The van der Waals surface area contributed by atoms with Gasteiger partial charge < -0.3 is 4.90 Å². The summed E-state index contributed by atoms with van der Waals surface area (Å²) in [5, 5.41) is 0. The second kappa shape index (κ2) is 5.38. The Balaban J connectivity index is 1.98. The lowest BCUT2D eigenvalue weighted by atomic mass is 10.1. The summed E-state index contributed by atoms with van der Waals surface area (Å²) in [6.45, 7) is 8.54. The van der Waals surface area contributed by atoms with Crippen LogP contribution in [-0.4, -0.2) is 46.9 Å². The second-order valence-electron chi connectivity index (χ2n) is 5.78. The summed E-state index contributed by atoms with van der Waals surface area (Å²) in [7, 11) is 0. The average molecular weight is 238 g/mol. The number of hydrogen-bond donors (Lipinski definition) is 0. The molecule has 17 heavy (non-hydrogen) atoms. The number of amides is 1. The fraction of sp³-hybridized carbons (Fsp3) is 0.929. The van der Waals surface area contributed by atoms with E-state index in [0.29, 0.717) is 18.0 Å². The number of piperidine rings is 1. The van der Waals surface area contributed by atoms with Crippen molar-refractivity contribution < 1.29 is 4.79 Å². The number of hydrogen-bond acceptors (Lipinski definition) is 2. The Morgan fingerprint density at radius 1 is 1.06 bits per heavy atom. The zero-order valence-corrected chi connectivity index (χ0v) is 11.5. The molecule has 2 fully saturated rings. The van der Waals surface area contributed by atoms with Crippen LogP contribution >= 0.6 is 0 Å². The van der Waals surface area contributed by atoms with Crippen LogP contribution in [0.5, 0.6) is 0 Å². The van der Waals surface area contributed by atoms with Gasteiger partial charge in [0.05, 0.1) is 6.04 Å². The maximum atomic E-state index is 12.5. The molecule has 0 N–H and O–H groups in total. The third kappa shape index (κ3) is 2.65. The normalized spacial score (nSPS) is 32.8. The predicted molar refractivity (Wildman–Crippen MR) is 69.9 cm³/mol. The molecule has 2 heterocycles. The van der Waals surface area contributed by atoms with Gasteiger partial charge in [0.2, 0.25) is 5.91 Å². The lowest BCUT2D eigenvalue weighted by Gasteiger charge is -2.36. The lowest BCUT2D eigenvalue weighted by Crippen LogP contribution is -2.51. The van der Waals surface area contributed by atoms with Gasteiger partial charge in [-0.1, -0.05) is 0 Å². The summed E-state index contributed by atoms with van der Waals surface area (Å²) in [5.74, 6) is 0.352. The zero-order valence-electron chi connectivity index (χ0n) is 11.5. The van der Waals surface area contributed by atoms with Crippen molar-refractivity contribution in [3.8, 4) is 0 Å². The topological polar surface area (TPSA) is 23.6 Å². The molecule has 0 spiro atoms. The van der Waals surface area contributed by atoms with Gasteiger partial charge in [0.25, 0.3) is 0 Å². The van der Waals surface area contributed by atoms with Gasteiger partial charge in [-0.3, -0.25) is 9.69 Å². The van der Waals surface area contributed by atoms with E-state index in [4.69, 9.17) is 0 Å². The van der Waals surface area contributed by atoms with E-state index in [1.807, 2.05) is 0 Å². The van der Waals surface area contributed by atoms with E-state index >= 15 is 0 Å². The Labute approximate surface area is 105 Å². The molecular formula is C14H26N2O. The maximum absolute atomic E-state index is 12.5. The number of likely N-dealkylation sites (tertiary alicyclic amines) is 2. The van der Waals surface area contributed by atoms with E-state index < -0.39 is 0 Å². The van der Waals surface area contributed by atoms with Crippen LogP contribution in [0.2, 0.25) is 0 Å². The SMILES string of the molecule is CC1CCC(C)N1C(C)C(=O)N1CCCCC1. The molecule has 0 aliphatic carbocycles. The third-order valence-electron chi connectivity index (χ3n) is 4.49. The van der Waals surface area contributed by atoms with Gasteiger partial charge in [-0.2, -0.15) is 0 Å². The van der Waals surface area contributed by atoms with Crippen LogP contribution in [0.1, 0.15) is 52.9 Å². The largest absolute Gasteiger partial charge is 0.341 e. The second-order valence-corrected chi connectivity index (χ2v) is 5.78. The molecule has 2 saturated heterocycles. The number of carbonyl (C=O) groups excluding carboxylic acids is 1. The van der Waals surface area contributed by atoms with Crippen LogP contribution in [0.3, 0.4) is 0 Å². The smallest absolute Gasteiger partial charge is 0.239 e. The van der Waals surface area contributed by atoms with Crippen molar-refractivity contribution in [1.82, 2.24) is 9.80 Å². The highest BCUT2D eigenvalue weighted by atomic mass is 16.2. The summed E-state index contributed by atoms with van der Waals surface area (Å²) in [6.07, 6.45) is 6.12. The van der Waals surface area contributed by atoms with Gasteiger partial charge in [0, 0.05) is 25.2 Å². The summed E-state index contributed by atoms with van der Waals surface area (Å²) in [4.78, 5) is 16.9. The van der Waals surface area contributed by atoms with Gasteiger partial charge in [-0.05, 0) is 52.9 Å². The van der Waals surface area contributed by atoms with E-state index in [9.17, 15) is 4.79 Å². The van der Waals surface area contributed by atoms with Gasteiger partial charge in [-0.25, -0.2) is 0 Å². The molecule has 3 nitrogen and oxygen atoms in total. The van der Waals surface area contributed by atoms with Gasteiger partial charge in [0.1, 0.15) is 0 Å². The Morgan fingerprint density at radius 2 is 1.59 bits per heavy atom. The minimum Gasteiger partial charge on any atom is -0.341 e. The fourth-order valence-electron chi connectivity index (χ4n) is 3.48. The first-order valence-corrected chi connectivity index (χ1v) is 7.17. The van der Waals surface area contributed by atoms with Crippen molar-refractivity contribution in [1.29, 1.82) is 0 Å². The molecule has 1 amide bonds. The van der Waals surface area contributed by atoms with Crippen LogP contribution < -0.4 is 0 Å². The van der Waals surface area contributed by atoms with E-state index in [0.717, 1.165) is 13.1 Å². The molecule has 2 rings (SSSR count). The molecule has 3 unspecified atom stereocenters. The minimum absolute atomic E-state index is 0.0700. The Kier molecular flexibility index (Phi) is 4.08. The van der Waals surface area contributed by atoms with Crippen molar-refractivity contribution in [3.05, 3.63) is 0 Å². The van der Waals surface area contributed by atoms with Crippen LogP contribution in [0.15, 0.2) is 0 Å². The molecule has 2 aliphatic heterocycles. The summed E-state index contributed by atoms with van der Waals surface area (Å²) >= 11 is 0. The minimum atomic E-state index is 0.0700. The lowest BCUT2D eigenvalue weighted by molar-refractivity contribution is -0.138. The number of nitrogens with zero attached hydrogens (tertiary/aromatic N) is 2. The first-order chi connectivity index (χ1) is 8.11. The third-order valence-corrected chi connectivity index (χ3v) is 4.49. The highest BCUT2D eigenvalue weighted by molar-refractivity contribution is 5.81. The van der Waals surface area contributed by atoms with Crippen molar-refractivity contribution in [2.24, 2.45) is 0 Å². The monoisotopic (exact) mass is 238 g/mol. The summed E-state index contributed by atoms with van der Waals surface area (Å²) < 4.78 is 0. The maximum Gasteiger partial charge on any atom is 0.239 e. The van der Waals surface area contributed by atoms with E-state index in [1.54, 1.807) is 0 Å². The van der Waals surface area contributed by atoms with Crippen molar-refractivity contribution in [2.45, 2.75) is 71.0 Å². The number of rotatable bonds is 2. The predicted octanol–water partition coefficient (Wildman–Crippen LogP) is 2.26. The van der Waals surface area contributed by atoms with E-state index in [-0.39, 0.29) is 6.04 Å². The van der Waals surface area contributed by atoms with Crippen LogP contribution in [0, 0.1) is 0 Å². The van der Waals surface area contributed by atoms with Crippen molar-refractivity contribution in [3.63, 3.8) is 0 Å². The van der Waals surface area contributed by atoms with Gasteiger partial charge >= 0.3 is 0 Å². The molecule has 2 aliphatic rings. The highest BCUT2D eigenvalue weighted by Crippen LogP contribution is 2.27. The Bertz CT molecular complexity index is 263. The Morgan fingerprint density at radius 3 is 2.12 bits per heavy atom. The van der Waals surface area contributed by atoms with Crippen LogP contribution in [0.4, 0.5) is 0 Å². The standard InChI is InChI=1S/C14H26N2O/c1-11-7-8-12(2)16(11)13(3)14(17)15-9-5-4-6-10-15/h11-13H,4-10H2,1-3H3. The molecule has 0 bridgehead atoms. The molecule has 3 heteroatoms. The van der Waals surface area contributed by atoms with Crippen molar-refractivity contribution in [2.75, 3.05) is 13.1 Å². The first-order valence-electron chi connectivity index (χ1n) is 7.17. The molecule has 0 aromatic heterocycles. The zero-order chi connectivity index (χ0) is 12.4. The van der Waals surface area contributed by atoms with E-state index in [2.05, 4.69) is 30.6 Å². The van der Waals surface area contributed by atoms with Crippen molar-refractivity contribution >= 4 is 5.91 Å². The average Bonchev–Trinajstić information content (AvgIpc) is 2.68. The molecule has 0 saturated carbocycles. The summed E-state index contributed by atoms with van der Waals surface area (Å²) in [6, 6.07) is 1.20. The molecular weight excluding hydrogens is 212 g/mol. The number of carbonyl (C=O) groups is 1.